The number of hydrogen-bond acceptors (Lipinski definition) is 4. The lowest BCUT2D eigenvalue weighted by Crippen LogP contribution is -2.30. The van der Waals surface area contributed by atoms with E-state index in [9.17, 15) is 22.8 Å². The smallest absolute Gasteiger partial charge is 0.416 e. The van der Waals surface area contributed by atoms with Crippen molar-refractivity contribution in [3.05, 3.63) is 94.3 Å². The van der Waals surface area contributed by atoms with Gasteiger partial charge in [0, 0.05) is 36.5 Å². The number of fused-ring (bicyclic) bond motifs is 2. The molecule has 1 aliphatic carbocycles. The lowest BCUT2D eigenvalue weighted by atomic mass is 9.99. The number of carbonyl (C=O) groups excluding carboxylic acids is 1. The highest BCUT2D eigenvalue weighted by Gasteiger charge is 2.53. The van der Waals surface area contributed by atoms with E-state index in [0.29, 0.717) is 18.7 Å². The Hall–Kier alpha value is -3.88. The number of nitrogens with zero attached hydrogens (tertiary/aromatic N) is 2. The number of amides is 1. The zero-order chi connectivity index (χ0) is 25.7. The van der Waals surface area contributed by atoms with Gasteiger partial charge < -0.3 is 15.3 Å². The highest BCUT2D eigenvalue weighted by Crippen LogP contribution is 2.57. The third-order valence-electron chi connectivity index (χ3n) is 7.06. The number of anilines is 1. The van der Waals surface area contributed by atoms with Gasteiger partial charge in [0.1, 0.15) is 0 Å². The molecule has 3 aromatic rings. The summed E-state index contributed by atoms with van der Waals surface area (Å²) in [4.78, 5) is 30.8. The molecule has 0 bridgehead atoms. The van der Waals surface area contributed by atoms with Crippen LogP contribution in [0.2, 0.25) is 0 Å². The molecule has 0 saturated heterocycles. The van der Waals surface area contributed by atoms with Crippen LogP contribution in [0, 0.1) is 0 Å². The molecular weight excluding hydrogens is 471 g/mol. The van der Waals surface area contributed by atoms with Gasteiger partial charge in [0.2, 0.25) is 0 Å². The fraction of sp³-hybridized carbons (Fsp3) is 0.296. The van der Waals surface area contributed by atoms with E-state index in [2.05, 4.69) is 15.2 Å². The van der Waals surface area contributed by atoms with E-state index in [4.69, 9.17) is 5.11 Å². The second-order valence-electron chi connectivity index (χ2n) is 9.54. The van der Waals surface area contributed by atoms with Gasteiger partial charge in [0.15, 0.2) is 0 Å². The lowest BCUT2D eigenvalue weighted by molar-refractivity contribution is -0.137. The molecule has 186 valence electrons. The molecular formula is C27H24F3N3O3. The molecule has 6 nitrogen and oxygen atoms in total. The van der Waals surface area contributed by atoms with Crippen molar-refractivity contribution < 1.29 is 27.9 Å². The minimum atomic E-state index is -4.39. The number of pyridine rings is 1. The number of aromatic carboxylic acids is 1. The van der Waals surface area contributed by atoms with E-state index in [0.717, 1.165) is 47.4 Å². The average molecular weight is 496 g/mol. The zero-order valence-corrected chi connectivity index (χ0v) is 19.5. The van der Waals surface area contributed by atoms with Crippen LogP contribution in [0.25, 0.3) is 0 Å². The monoisotopic (exact) mass is 495 g/mol. The molecule has 0 radical (unpaired) electrons. The van der Waals surface area contributed by atoms with Gasteiger partial charge in [-0.1, -0.05) is 24.3 Å². The summed E-state index contributed by atoms with van der Waals surface area (Å²) in [6.07, 6.45) is 0.874. The fourth-order valence-electron chi connectivity index (χ4n) is 4.88. The summed E-state index contributed by atoms with van der Waals surface area (Å²) >= 11 is 0. The Kier molecular flexibility index (Phi) is 5.73. The molecule has 1 spiro atoms. The summed E-state index contributed by atoms with van der Waals surface area (Å²) in [7, 11) is 0. The summed E-state index contributed by atoms with van der Waals surface area (Å²) in [5, 5.41) is 12.1. The predicted octanol–water partition coefficient (Wildman–Crippen LogP) is 5.34. The van der Waals surface area contributed by atoms with Gasteiger partial charge in [-0.25, -0.2) is 4.79 Å². The van der Waals surface area contributed by atoms with Gasteiger partial charge in [0.25, 0.3) is 5.91 Å². The molecule has 1 aliphatic heterocycles. The Morgan fingerprint density at radius 1 is 1.08 bits per heavy atom. The quantitative estimate of drug-likeness (QED) is 0.482. The summed E-state index contributed by atoms with van der Waals surface area (Å²) in [5.74, 6) is -1.34. The molecule has 1 saturated carbocycles. The normalized spacial score (nSPS) is 16.5. The Morgan fingerprint density at radius 3 is 2.33 bits per heavy atom. The number of aromatic nitrogens is 1. The molecule has 1 fully saturated rings. The first-order valence-electron chi connectivity index (χ1n) is 11.6. The van der Waals surface area contributed by atoms with E-state index >= 15 is 0 Å². The first-order chi connectivity index (χ1) is 17.1. The van der Waals surface area contributed by atoms with Crippen molar-refractivity contribution >= 4 is 17.6 Å². The molecule has 2 heterocycles. The summed E-state index contributed by atoms with van der Waals surface area (Å²) in [6.45, 7) is 2.87. The SMILES string of the molecule is C[C@H](NC(=O)c1cncc2c1N(Cc1ccc(C(F)(F)F)cc1)CC21CC1)c1ccc(C(=O)O)cc1. The van der Waals surface area contributed by atoms with Gasteiger partial charge in [-0.05, 0) is 55.2 Å². The Bertz CT molecular complexity index is 1320. The van der Waals surface area contributed by atoms with Crippen LogP contribution in [0.1, 0.15) is 68.8 Å². The molecule has 2 aliphatic rings. The van der Waals surface area contributed by atoms with Crippen molar-refractivity contribution in [2.45, 2.75) is 43.9 Å². The Morgan fingerprint density at radius 2 is 1.75 bits per heavy atom. The lowest BCUT2D eigenvalue weighted by Gasteiger charge is -2.23. The molecule has 2 aromatic carbocycles. The minimum Gasteiger partial charge on any atom is -0.478 e. The number of rotatable bonds is 6. The first kappa shape index (κ1) is 23.8. The molecule has 9 heteroatoms. The molecule has 1 amide bonds. The van der Waals surface area contributed by atoms with Crippen LogP contribution < -0.4 is 10.2 Å². The van der Waals surface area contributed by atoms with Gasteiger partial charge in [0.05, 0.1) is 28.4 Å². The minimum absolute atomic E-state index is 0.0667. The zero-order valence-electron chi connectivity index (χ0n) is 19.5. The van der Waals surface area contributed by atoms with Crippen LogP contribution >= 0.6 is 0 Å². The maximum absolute atomic E-state index is 13.4. The predicted molar refractivity (Wildman–Crippen MR) is 127 cm³/mol. The van der Waals surface area contributed by atoms with Gasteiger partial charge in [-0.15, -0.1) is 0 Å². The van der Waals surface area contributed by atoms with Crippen LogP contribution in [-0.4, -0.2) is 28.5 Å². The third kappa shape index (κ3) is 4.41. The van der Waals surface area contributed by atoms with E-state index < -0.39 is 17.7 Å². The number of nitrogens with one attached hydrogen (secondary N) is 1. The van der Waals surface area contributed by atoms with Crippen molar-refractivity contribution in [3.8, 4) is 0 Å². The molecule has 2 N–H and O–H groups in total. The second kappa shape index (κ2) is 8.65. The molecule has 1 aromatic heterocycles. The first-order valence-corrected chi connectivity index (χ1v) is 11.6. The summed E-state index contributed by atoms with van der Waals surface area (Å²) in [5.41, 5.74) is 3.07. The van der Waals surface area contributed by atoms with Crippen LogP contribution in [0.15, 0.2) is 60.9 Å². The Labute approximate surface area is 205 Å². The molecule has 1 atom stereocenters. The maximum Gasteiger partial charge on any atom is 0.416 e. The van der Waals surface area contributed by atoms with Gasteiger partial charge >= 0.3 is 12.1 Å². The Balaban J connectivity index is 1.39. The second-order valence-corrected chi connectivity index (χ2v) is 9.54. The topological polar surface area (TPSA) is 82.5 Å². The molecule has 5 rings (SSSR count). The number of carboxylic acid groups (broad SMARTS) is 1. The number of benzene rings is 2. The summed E-state index contributed by atoms with van der Waals surface area (Å²) in [6, 6.07) is 11.0. The van der Waals surface area contributed by atoms with Crippen LogP contribution in [0.5, 0.6) is 0 Å². The third-order valence-corrected chi connectivity index (χ3v) is 7.06. The highest BCUT2D eigenvalue weighted by atomic mass is 19.4. The number of carboxylic acids is 1. The van der Waals surface area contributed by atoms with Crippen molar-refractivity contribution in [1.82, 2.24) is 10.3 Å². The fourth-order valence-corrected chi connectivity index (χ4v) is 4.88. The average Bonchev–Trinajstić information content (AvgIpc) is 3.56. The molecule has 0 unspecified atom stereocenters. The van der Waals surface area contributed by atoms with Gasteiger partial charge in [-0.2, -0.15) is 13.2 Å². The van der Waals surface area contributed by atoms with Crippen molar-refractivity contribution in [2.24, 2.45) is 0 Å². The van der Waals surface area contributed by atoms with E-state index in [1.165, 1.54) is 30.5 Å². The van der Waals surface area contributed by atoms with E-state index in [1.807, 2.05) is 6.92 Å². The van der Waals surface area contributed by atoms with Crippen molar-refractivity contribution in [3.63, 3.8) is 0 Å². The van der Waals surface area contributed by atoms with Crippen LogP contribution in [-0.2, 0) is 18.1 Å². The van der Waals surface area contributed by atoms with Crippen molar-refractivity contribution in [2.75, 3.05) is 11.4 Å². The molecule has 36 heavy (non-hydrogen) atoms. The highest BCUT2D eigenvalue weighted by molar-refractivity contribution is 6.01. The largest absolute Gasteiger partial charge is 0.478 e. The van der Waals surface area contributed by atoms with Gasteiger partial charge in [-0.3, -0.25) is 9.78 Å². The van der Waals surface area contributed by atoms with Crippen molar-refractivity contribution in [1.29, 1.82) is 0 Å². The number of alkyl halides is 3. The standard InChI is InChI=1S/C27H24F3N3O3/c1-16(18-4-6-19(7-5-18)25(35)36)32-24(34)21-12-31-13-22-23(21)33(15-26(22)10-11-26)14-17-2-8-20(9-3-17)27(28,29)30/h2-9,12-13,16H,10-11,14-15H2,1H3,(H,32,34)(H,35,36)/t16-/m0/s1. The number of carbonyl (C=O) groups is 2. The maximum atomic E-state index is 13.4. The van der Waals surface area contributed by atoms with Crippen LogP contribution in [0.4, 0.5) is 18.9 Å². The summed E-state index contributed by atoms with van der Waals surface area (Å²) < 4.78 is 38.9. The van der Waals surface area contributed by atoms with Crippen LogP contribution in [0.3, 0.4) is 0 Å². The number of hydrogen-bond donors (Lipinski definition) is 2. The number of halogens is 3. The van der Waals surface area contributed by atoms with E-state index in [1.54, 1.807) is 18.3 Å². The van der Waals surface area contributed by atoms with E-state index in [-0.39, 0.29) is 22.9 Å².